The highest BCUT2D eigenvalue weighted by atomic mass is 14.9. The van der Waals surface area contributed by atoms with Gasteiger partial charge in [0.25, 0.3) is 0 Å². The lowest BCUT2D eigenvalue weighted by Gasteiger charge is -2.26. The maximum absolute atomic E-state index is 3.69. The lowest BCUT2D eigenvalue weighted by atomic mass is 9.88. The van der Waals surface area contributed by atoms with Crippen LogP contribution in [0.5, 0.6) is 0 Å². The second kappa shape index (κ2) is 6.02. The Morgan fingerprint density at radius 1 is 1.19 bits per heavy atom. The first kappa shape index (κ1) is 12.4. The molecule has 1 saturated heterocycles. The van der Waals surface area contributed by atoms with Crippen LogP contribution < -0.4 is 10.6 Å². The van der Waals surface area contributed by atoms with Gasteiger partial charge in [-0.3, -0.25) is 0 Å². The van der Waals surface area contributed by atoms with Gasteiger partial charge in [0.15, 0.2) is 0 Å². The molecule has 0 unspecified atom stereocenters. The average molecular weight is 224 g/mol. The molecule has 2 N–H and O–H groups in total. The Labute approximate surface area is 101 Å². The van der Waals surface area contributed by atoms with Crippen molar-refractivity contribution in [1.29, 1.82) is 0 Å². The molecular weight excluding hydrogens is 196 g/mol. The van der Waals surface area contributed by atoms with Gasteiger partial charge in [0.05, 0.1) is 0 Å². The minimum atomic E-state index is 0.619. The number of hydrogen-bond donors (Lipinski definition) is 2. The molecule has 1 heterocycles. The molecule has 1 saturated carbocycles. The monoisotopic (exact) mass is 224 g/mol. The van der Waals surface area contributed by atoms with Crippen LogP contribution in [0.3, 0.4) is 0 Å². The van der Waals surface area contributed by atoms with Crippen molar-refractivity contribution in [2.75, 3.05) is 26.2 Å². The maximum atomic E-state index is 3.69. The zero-order chi connectivity index (χ0) is 11.3. The first-order chi connectivity index (χ1) is 7.79. The molecule has 0 radical (unpaired) electrons. The molecule has 2 fully saturated rings. The van der Waals surface area contributed by atoms with Gasteiger partial charge in [0, 0.05) is 6.54 Å². The predicted molar refractivity (Wildman–Crippen MR) is 69.7 cm³/mol. The van der Waals surface area contributed by atoms with Crippen LogP contribution in [-0.2, 0) is 0 Å². The van der Waals surface area contributed by atoms with Gasteiger partial charge in [-0.1, -0.05) is 19.8 Å². The topological polar surface area (TPSA) is 24.1 Å². The highest BCUT2D eigenvalue weighted by Crippen LogP contribution is 2.36. The van der Waals surface area contributed by atoms with Gasteiger partial charge >= 0.3 is 0 Å². The quantitative estimate of drug-likeness (QED) is 0.701. The summed E-state index contributed by atoms with van der Waals surface area (Å²) in [6.45, 7) is 7.42. The molecular formula is C14H28N2. The predicted octanol–water partition coefficient (Wildman–Crippen LogP) is 2.55. The third kappa shape index (κ3) is 3.74. The largest absolute Gasteiger partial charge is 0.317 e. The van der Waals surface area contributed by atoms with Crippen LogP contribution in [0.25, 0.3) is 0 Å². The molecule has 2 aliphatic rings. The Morgan fingerprint density at radius 2 is 1.88 bits per heavy atom. The number of rotatable bonds is 5. The Hall–Kier alpha value is -0.0800. The SMILES string of the molecule is CC1(CNCCC2CCNCC2)CCCC1. The summed E-state index contributed by atoms with van der Waals surface area (Å²) in [7, 11) is 0. The Kier molecular flexibility index (Phi) is 4.66. The summed E-state index contributed by atoms with van der Waals surface area (Å²) in [5.74, 6) is 0.977. The summed E-state index contributed by atoms with van der Waals surface area (Å²) in [4.78, 5) is 0. The van der Waals surface area contributed by atoms with Crippen molar-refractivity contribution < 1.29 is 0 Å². The van der Waals surface area contributed by atoms with E-state index in [1.807, 2.05) is 0 Å². The molecule has 0 bridgehead atoms. The van der Waals surface area contributed by atoms with Crippen LogP contribution in [0.15, 0.2) is 0 Å². The molecule has 0 amide bonds. The van der Waals surface area contributed by atoms with Crippen molar-refractivity contribution in [3.63, 3.8) is 0 Å². The Balaban J connectivity index is 1.54. The van der Waals surface area contributed by atoms with Gasteiger partial charge in [-0.2, -0.15) is 0 Å². The van der Waals surface area contributed by atoms with E-state index in [4.69, 9.17) is 0 Å². The highest BCUT2D eigenvalue weighted by Gasteiger charge is 2.27. The van der Waals surface area contributed by atoms with Crippen LogP contribution in [0.1, 0.15) is 51.9 Å². The fraction of sp³-hybridized carbons (Fsp3) is 1.00. The van der Waals surface area contributed by atoms with E-state index in [-0.39, 0.29) is 0 Å². The molecule has 16 heavy (non-hydrogen) atoms. The molecule has 1 aliphatic carbocycles. The van der Waals surface area contributed by atoms with Crippen LogP contribution >= 0.6 is 0 Å². The van der Waals surface area contributed by atoms with E-state index in [9.17, 15) is 0 Å². The standard InChI is InChI=1S/C14H28N2/c1-14(7-2-3-8-14)12-16-11-6-13-4-9-15-10-5-13/h13,15-16H,2-12H2,1H3. The van der Waals surface area contributed by atoms with Crippen LogP contribution in [0, 0.1) is 11.3 Å². The minimum Gasteiger partial charge on any atom is -0.317 e. The summed E-state index contributed by atoms with van der Waals surface area (Å²) >= 11 is 0. The van der Waals surface area contributed by atoms with Crippen molar-refractivity contribution in [3.8, 4) is 0 Å². The molecule has 2 nitrogen and oxygen atoms in total. The summed E-state index contributed by atoms with van der Waals surface area (Å²) in [6, 6.07) is 0. The van der Waals surface area contributed by atoms with Crippen LogP contribution in [0.4, 0.5) is 0 Å². The van der Waals surface area contributed by atoms with Crippen molar-refractivity contribution >= 4 is 0 Å². The fourth-order valence-corrected chi connectivity index (χ4v) is 3.27. The summed E-state index contributed by atoms with van der Waals surface area (Å²) in [5.41, 5.74) is 0.619. The summed E-state index contributed by atoms with van der Waals surface area (Å²) in [5, 5.41) is 7.13. The van der Waals surface area contributed by atoms with E-state index in [0.29, 0.717) is 5.41 Å². The number of hydrogen-bond acceptors (Lipinski definition) is 2. The zero-order valence-corrected chi connectivity index (χ0v) is 10.9. The molecule has 94 valence electrons. The molecule has 0 aromatic rings. The first-order valence-electron chi connectivity index (χ1n) is 7.20. The average Bonchev–Trinajstić information content (AvgIpc) is 2.74. The van der Waals surface area contributed by atoms with Gasteiger partial charge in [0.2, 0.25) is 0 Å². The van der Waals surface area contributed by atoms with Crippen LogP contribution in [-0.4, -0.2) is 26.2 Å². The van der Waals surface area contributed by atoms with E-state index < -0.39 is 0 Å². The normalized spacial score (nSPS) is 26.1. The molecule has 0 aromatic carbocycles. The van der Waals surface area contributed by atoms with Gasteiger partial charge < -0.3 is 10.6 Å². The fourth-order valence-electron chi connectivity index (χ4n) is 3.27. The minimum absolute atomic E-state index is 0.619. The van der Waals surface area contributed by atoms with Crippen molar-refractivity contribution in [2.24, 2.45) is 11.3 Å². The zero-order valence-electron chi connectivity index (χ0n) is 10.9. The lowest BCUT2D eigenvalue weighted by Crippen LogP contribution is -2.33. The van der Waals surface area contributed by atoms with E-state index in [1.165, 1.54) is 71.1 Å². The third-order valence-electron chi connectivity index (χ3n) is 4.55. The van der Waals surface area contributed by atoms with E-state index in [1.54, 1.807) is 0 Å². The van der Waals surface area contributed by atoms with Gasteiger partial charge in [-0.05, 0) is 63.1 Å². The first-order valence-corrected chi connectivity index (χ1v) is 7.20. The van der Waals surface area contributed by atoms with Crippen molar-refractivity contribution in [2.45, 2.75) is 51.9 Å². The maximum Gasteiger partial charge on any atom is 0.000516 e. The van der Waals surface area contributed by atoms with E-state index in [0.717, 1.165) is 5.92 Å². The van der Waals surface area contributed by atoms with Gasteiger partial charge in [0.1, 0.15) is 0 Å². The summed E-state index contributed by atoms with van der Waals surface area (Å²) < 4.78 is 0. The second-order valence-corrected chi connectivity index (χ2v) is 6.18. The van der Waals surface area contributed by atoms with Crippen molar-refractivity contribution in [1.82, 2.24) is 10.6 Å². The molecule has 2 rings (SSSR count). The van der Waals surface area contributed by atoms with Crippen LogP contribution in [0.2, 0.25) is 0 Å². The molecule has 0 atom stereocenters. The number of piperidine rings is 1. The van der Waals surface area contributed by atoms with Crippen molar-refractivity contribution in [3.05, 3.63) is 0 Å². The molecule has 2 heteroatoms. The van der Waals surface area contributed by atoms with Gasteiger partial charge in [-0.25, -0.2) is 0 Å². The molecule has 1 aliphatic heterocycles. The van der Waals surface area contributed by atoms with E-state index >= 15 is 0 Å². The molecule has 0 aromatic heterocycles. The number of nitrogens with one attached hydrogen (secondary N) is 2. The Morgan fingerprint density at radius 3 is 2.56 bits per heavy atom. The summed E-state index contributed by atoms with van der Waals surface area (Å²) in [6.07, 6.45) is 9.94. The van der Waals surface area contributed by atoms with Gasteiger partial charge in [-0.15, -0.1) is 0 Å². The highest BCUT2D eigenvalue weighted by molar-refractivity contribution is 4.82. The molecule has 0 spiro atoms. The Bertz CT molecular complexity index is 191. The van der Waals surface area contributed by atoms with E-state index in [2.05, 4.69) is 17.6 Å². The smallest absolute Gasteiger partial charge is 0.000516 e. The lowest BCUT2D eigenvalue weighted by molar-refractivity contribution is 0.298. The third-order valence-corrected chi connectivity index (χ3v) is 4.55. The second-order valence-electron chi connectivity index (χ2n) is 6.18.